The number of unbranched alkanes of at least 4 members (excludes halogenated alkanes) is 1. The molecule has 0 spiro atoms. The lowest BCUT2D eigenvalue weighted by atomic mass is 10.0. The summed E-state index contributed by atoms with van der Waals surface area (Å²) < 4.78 is 29.1. The Kier molecular flexibility index (Phi) is 11.6. The van der Waals surface area contributed by atoms with E-state index in [1.807, 2.05) is 50.2 Å². The molecule has 7 nitrogen and oxygen atoms in total. The van der Waals surface area contributed by atoms with Gasteiger partial charge in [-0.15, -0.1) is 0 Å². The van der Waals surface area contributed by atoms with Gasteiger partial charge in [0.1, 0.15) is 12.6 Å². The van der Waals surface area contributed by atoms with E-state index in [0.717, 1.165) is 28.3 Å². The van der Waals surface area contributed by atoms with Gasteiger partial charge in [0.05, 0.1) is 10.6 Å². The van der Waals surface area contributed by atoms with Crippen LogP contribution >= 0.6 is 11.6 Å². The number of carbonyl (C=O) groups is 2. The Morgan fingerprint density at radius 3 is 2.09 bits per heavy atom. The van der Waals surface area contributed by atoms with Crippen LogP contribution in [0, 0.1) is 6.92 Å². The highest BCUT2D eigenvalue weighted by Gasteiger charge is 2.34. The van der Waals surface area contributed by atoms with Gasteiger partial charge in [-0.1, -0.05) is 109 Å². The molecule has 0 fully saturated rings. The number of nitrogens with one attached hydrogen (secondary N) is 1. The lowest BCUT2D eigenvalue weighted by Crippen LogP contribution is -2.53. The molecule has 4 aromatic rings. The van der Waals surface area contributed by atoms with Crippen molar-refractivity contribution in [2.75, 3.05) is 17.4 Å². The van der Waals surface area contributed by atoms with Crippen molar-refractivity contribution in [1.82, 2.24) is 10.2 Å². The molecule has 0 aliphatic rings. The number of hydrogen-bond acceptors (Lipinski definition) is 4. The van der Waals surface area contributed by atoms with Crippen LogP contribution in [0.25, 0.3) is 0 Å². The number of halogens is 1. The SMILES string of the molecule is CCCCNC(=O)[C@H](Cc1ccccc1)N(Cc1ccccc1Cl)C(=O)CN(c1ccc(C)cc1)S(=O)(=O)c1ccccc1. The molecule has 1 N–H and O–H groups in total. The first-order valence-corrected chi connectivity index (χ1v) is 16.5. The molecule has 4 rings (SSSR count). The molecule has 2 amide bonds. The van der Waals surface area contributed by atoms with E-state index in [0.29, 0.717) is 22.8 Å². The standard InChI is InChI=1S/C35H38ClN3O4S/c1-3-4-23-37-35(41)33(24-28-13-7-5-8-14-28)38(25-29-15-11-12-18-32(29)36)34(40)26-39(30-21-19-27(2)20-22-30)44(42,43)31-16-9-6-10-17-31/h5-22,33H,3-4,23-26H2,1-2H3,(H,37,41)/t33-/m0/s1. The first-order chi connectivity index (χ1) is 21.2. The molecule has 0 saturated heterocycles. The van der Waals surface area contributed by atoms with Crippen LogP contribution in [-0.2, 0) is 32.6 Å². The molecule has 0 aliphatic heterocycles. The fourth-order valence-electron chi connectivity index (χ4n) is 4.83. The molecule has 0 saturated carbocycles. The van der Waals surface area contributed by atoms with Crippen molar-refractivity contribution in [1.29, 1.82) is 0 Å². The summed E-state index contributed by atoms with van der Waals surface area (Å²) in [5, 5.41) is 3.44. The summed E-state index contributed by atoms with van der Waals surface area (Å²) in [6.45, 7) is 3.91. The minimum atomic E-state index is -4.14. The molecule has 0 aliphatic carbocycles. The highest BCUT2D eigenvalue weighted by Crippen LogP contribution is 2.26. The zero-order valence-electron chi connectivity index (χ0n) is 25.0. The summed E-state index contributed by atoms with van der Waals surface area (Å²) in [6, 6.07) is 30.7. The van der Waals surface area contributed by atoms with Gasteiger partial charge >= 0.3 is 0 Å². The molecule has 230 valence electrons. The number of rotatable bonds is 14. The Balaban J connectivity index is 1.78. The van der Waals surface area contributed by atoms with Crippen LogP contribution in [0.1, 0.15) is 36.5 Å². The Bertz CT molecular complexity index is 1630. The molecule has 0 unspecified atom stereocenters. The molecule has 0 heterocycles. The summed E-state index contributed by atoms with van der Waals surface area (Å²) in [4.78, 5) is 29.8. The number of anilines is 1. The maximum absolute atomic E-state index is 14.5. The van der Waals surface area contributed by atoms with Crippen molar-refractivity contribution in [2.45, 2.75) is 50.6 Å². The number of amides is 2. The summed E-state index contributed by atoms with van der Waals surface area (Å²) in [5.74, 6) is -0.841. The van der Waals surface area contributed by atoms with E-state index in [1.165, 1.54) is 17.0 Å². The molecular formula is C35H38ClN3O4S. The summed E-state index contributed by atoms with van der Waals surface area (Å²) >= 11 is 6.54. The van der Waals surface area contributed by atoms with Gasteiger partial charge in [-0.05, 0) is 54.8 Å². The second-order valence-corrected chi connectivity index (χ2v) is 12.9. The Labute approximate surface area is 265 Å². The van der Waals surface area contributed by atoms with Gasteiger partial charge in [-0.3, -0.25) is 13.9 Å². The minimum Gasteiger partial charge on any atom is -0.354 e. The fourth-order valence-corrected chi connectivity index (χ4v) is 6.46. The number of benzene rings is 4. The Hall–Kier alpha value is -4.14. The zero-order chi connectivity index (χ0) is 31.5. The maximum atomic E-state index is 14.5. The summed E-state index contributed by atoms with van der Waals surface area (Å²) in [7, 11) is -4.14. The van der Waals surface area contributed by atoms with Crippen molar-refractivity contribution in [3.63, 3.8) is 0 Å². The Morgan fingerprint density at radius 2 is 1.45 bits per heavy atom. The minimum absolute atomic E-state index is 0.0182. The van der Waals surface area contributed by atoms with Gasteiger partial charge in [-0.2, -0.15) is 0 Å². The Morgan fingerprint density at radius 1 is 0.841 bits per heavy atom. The lowest BCUT2D eigenvalue weighted by molar-refractivity contribution is -0.140. The normalized spacial score (nSPS) is 11.9. The molecule has 9 heteroatoms. The van der Waals surface area contributed by atoms with Crippen LogP contribution in [0.2, 0.25) is 5.02 Å². The molecule has 0 bridgehead atoms. The zero-order valence-corrected chi connectivity index (χ0v) is 26.6. The third-order valence-corrected chi connectivity index (χ3v) is 9.49. The average Bonchev–Trinajstić information content (AvgIpc) is 3.03. The van der Waals surface area contributed by atoms with Crippen molar-refractivity contribution in [3.8, 4) is 0 Å². The smallest absolute Gasteiger partial charge is 0.264 e. The van der Waals surface area contributed by atoms with Crippen molar-refractivity contribution >= 4 is 39.1 Å². The van der Waals surface area contributed by atoms with Crippen LogP contribution in [0.3, 0.4) is 0 Å². The van der Waals surface area contributed by atoms with Gasteiger partial charge < -0.3 is 10.2 Å². The molecule has 4 aromatic carbocycles. The topological polar surface area (TPSA) is 86.8 Å². The van der Waals surface area contributed by atoms with Crippen LogP contribution in [0.15, 0.2) is 114 Å². The second-order valence-electron chi connectivity index (χ2n) is 10.6. The van der Waals surface area contributed by atoms with Crippen LogP contribution in [0.4, 0.5) is 5.69 Å². The van der Waals surface area contributed by atoms with Gasteiger partial charge in [0, 0.05) is 24.5 Å². The van der Waals surface area contributed by atoms with Gasteiger partial charge in [0.25, 0.3) is 10.0 Å². The number of hydrogen-bond donors (Lipinski definition) is 1. The predicted octanol–water partition coefficient (Wildman–Crippen LogP) is 6.40. The van der Waals surface area contributed by atoms with E-state index in [9.17, 15) is 18.0 Å². The number of carbonyl (C=O) groups excluding carboxylic acids is 2. The number of aryl methyl sites for hydroxylation is 1. The quantitative estimate of drug-likeness (QED) is 0.163. The predicted molar refractivity (Wildman–Crippen MR) is 176 cm³/mol. The summed E-state index contributed by atoms with van der Waals surface area (Å²) in [6.07, 6.45) is 1.93. The van der Waals surface area contributed by atoms with Crippen molar-refractivity contribution < 1.29 is 18.0 Å². The van der Waals surface area contributed by atoms with E-state index < -0.39 is 28.5 Å². The van der Waals surface area contributed by atoms with E-state index in [1.54, 1.807) is 60.7 Å². The van der Waals surface area contributed by atoms with E-state index >= 15 is 0 Å². The van der Waals surface area contributed by atoms with Crippen LogP contribution < -0.4 is 9.62 Å². The first kappa shape index (κ1) is 32.8. The highest BCUT2D eigenvalue weighted by atomic mass is 35.5. The fraction of sp³-hybridized carbons (Fsp3) is 0.257. The molecule has 1 atom stereocenters. The van der Waals surface area contributed by atoms with Gasteiger partial charge in [-0.25, -0.2) is 8.42 Å². The lowest BCUT2D eigenvalue weighted by Gasteiger charge is -2.34. The van der Waals surface area contributed by atoms with Crippen molar-refractivity contribution in [2.24, 2.45) is 0 Å². The van der Waals surface area contributed by atoms with E-state index in [4.69, 9.17) is 11.6 Å². The molecule has 44 heavy (non-hydrogen) atoms. The molecule has 0 aromatic heterocycles. The second kappa shape index (κ2) is 15.5. The third kappa shape index (κ3) is 8.49. The molecular weight excluding hydrogens is 594 g/mol. The average molecular weight is 632 g/mol. The van der Waals surface area contributed by atoms with Gasteiger partial charge in [0.15, 0.2) is 0 Å². The summed E-state index contributed by atoms with van der Waals surface area (Å²) in [5.41, 5.74) is 2.81. The first-order valence-electron chi connectivity index (χ1n) is 14.7. The van der Waals surface area contributed by atoms with Crippen LogP contribution in [-0.4, -0.2) is 44.3 Å². The van der Waals surface area contributed by atoms with Crippen LogP contribution in [0.5, 0.6) is 0 Å². The highest BCUT2D eigenvalue weighted by molar-refractivity contribution is 7.92. The third-order valence-electron chi connectivity index (χ3n) is 7.33. The van der Waals surface area contributed by atoms with Crippen molar-refractivity contribution in [3.05, 3.63) is 131 Å². The number of nitrogens with zero attached hydrogens (tertiary/aromatic N) is 2. The monoisotopic (exact) mass is 631 g/mol. The maximum Gasteiger partial charge on any atom is 0.264 e. The number of sulfonamides is 1. The largest absolute Gasteiger partial charge is 0.354 e. The van der Waals surface area contributed by atoms with E-state index in [2.05, 4.69) is 5.32 Å². The molecule has 0 radical (unpaired) electrons. The van der Waals surface area contributed by atoms with Gasteiger partial charge in [0.2, 0.25) is 11.8 Å². The van der Waals surface area contributed by atoms with E-state index in [-0.39, 0.29) is 23.8 Å².